The number of benzene rings is 1. The fourth-order valence-corrected chi connectivity index (χ4v) is 3.62. The third-order valence-corrected chi connectivity index (χ3v) is 4.91. The van der Waals surface area contributed by atoms with E-state index in [1.807, 2.05) is 24.3 Å². The second-order valence-electron chi connectivity index (χ2n) is 5.72. The smallest absolute Gasteiger partial charge is 0.318 e. The van der Waals surface area contributed by atoms with Crippen molar-refractivity contribution in [1.29, 1.82) is 0 Å². The van der Waals surface area contributed by atoms with Gasteiger partial charge in [-0.05, 0) is 31.4 Å². The Morgan fingerprint density at radius 1 is 1.43 bits per heavy atom. The summed E-state index contributed by atoms with van der Waals surface area (Å²) in [6.07, 6.45) is 2.58. The Morgan fingerprint density at radius 3 is 3.09 bits per heavy atom. The zero-order chi connectivity index (χ0) is 16.2. The predicted molar refractivity (Wildman–Crippen MR) is 90.3 cm³/mol. The Kier molecular flexibility index (Phi) is 4.76. The van der Waals surface area contributed by atoms with Gasteiger partial charge in [-0.3, -0.25) is 4.79 Å². The Labute approximate surface area is 138 Å². The zero-order valence-corrected chi connectivity index (χ0v) is 13.9. The maximum absolute atomic E-state index is 12.3. The summed E-state index contributed by atoms with van der Waals surface area (Å²) >= 11 is 1.58. The molecule has 7 heteroatoms. The number of fused-ring (bicyclic) bond motifs is 1. The highest BCUT2D eigenvalue weighted by Crippen LogP contribution is 2.22. The highest BCUT2D eigenvalue weighted by atomic mass is 32.1. The Morgan fingerprint density at radius 2 is 2.26 bits per heavy atom. The van der Waals surface area contributed by atoms with Crippen LogP contribution in [0.5, 0.6) is 0 Å². The standard InChI is InChI=1S/C16H20N4O2S/c1-20(10-14-18-11-6-2-3-8-13(11)23-14)16(22)19-12-7-4-5-9-17-15(12)21/h2-3,6,8,12H,4-5,7,9-10H2,1H3,(H,17,21)(H,19,22)/t12-/m0/s1. The van der Waals surface area contributed by atoms with Crippen molar-refractivity contribution in [3.05, 3.63) is 29.3 Å². The number of amides is 3. The number of hydrogen-bond donors (Lipinski definition) is 2. The molecule has 1 atom stereocenters. The summed E-state index contributed by atoms with van der Waals surface area (Å²) in [6, 6.07) is 7.23. The van der Waals surface area contributed by atoms with E-state index < -0.39 is 6.04 Å². The predicted octanol–water partition coefficient (Wildman–Crippen LogP) is 2.11. The molecule has 1 fully saturated rings. The molecule has 0 radical (unpaired) electrons. The molecule has 6 nitrogen and oxygen atoms in total. The lowest BCUT2D eigenvalue weighted by atomic mass is 10.1. The summed E-state index contributed by atoms with van der Waals surface area (Å²) in [5.74, 6) is -0.0933. The summed E-state index contributed by atoms with van der Waals surface area (Å²) < 4.78 is 1.11. The Bertz CT molecular complexity index is 682. The van der Waals surface area contributed by atoms with Crippen LogP contribution in [-0.4, -0.2) is 41.5 Å². The van der Waals surface area contributed by atoms with E-state index in [1.54, 1.807) is 23.3 Å². The molecule has 0 saturated carbocycles. The largest absolute Gasteiger partial charge is 0.354 e. The molecule has 1 aromatic heterocycles. The minimum Gasteiger partial charge on any atom is -0.354 e. The first-order valence-corrected chi connectivity index (χ1v) is 8.59. The van der Waals surface area contributed by atoms with E-state index in [9.17, 15) is 9.59 Å². The second-order valence-corrected chi connectivity index (χ2v) is 6.84. The normalized spacial score (nSPS) is 18.3. The van der Waals surface area contributed by atoms with Crippen molar-refractivity contribution in [2.24, 2.45) is 0 Å². The van der Waals surface area contributed by atoms with Gasteiger partial charge in [-0.15, -0.1) is 11.3 Å². The summed E-state index contributed by atoms with van der Waals surface area (Å²) in [6.45, 7) is 1.12. The van der Waals surface area contributed by atoms with Crippen LogP contribution in [0.25, 0.3) is 10.2 Å². The number of nitrogens with one attached hydrogen (secondary N) is 2. The molecule has 0 bridgehead atoms. The molecule has 1 aromatic carbocycles. The van der Waals surface area contributed by atoms with Crippen molar-refractivity contribution in [3.63, 3.8) is 0 Å². The van der Waals surface area contributed by atoms with Crippen molar-refractivity contribution >= 4 is 33.5 Å². The quantitative estimate of drug-likeness (QED) is 0.904. The molecule has 122 valence electrons. The van der Waals surface area contributed by atoms with Crippen molar-refractivity contribution in [2.45, 2.75) is 31.8 Å². The lowest BCUT2D eigenvalue weighted by Crippen LogP contribution is -2.49. The highest BCUT2D eigenvalue weighted by molar-refractivity contribution is 7.18. The van der Waals surface area contributed by atoms with Crippen LogP contribution >= 0.6 is 11.3 Å². The van der Waals surface area contributed by atoms with Crippen LogP contribution in [0.3, 0.4) is 0 Å². The number of nitrogens with zero attached hydrogens (tertiary/aromatic N) is 2. The van der Waals surface area contributed by atoms with Crippen LogP contribution in [0.2, 0.25) is 0 Å². The van der Waals surface area contributed by atoms with Gasteiger partial charge in [0.15, 0.2) is 0 Å². The zero-order valence-electron chi connectivity index (χ0n) is 13.0. The first-order valence-electron chi connectivity index (χ1n) is 7.77. The maximum atomic E-state index is 12.3. The number of carbonyl (C=O) groups excluding carboxylic acids is 2. The van der Waals surface area contributed by atoms with Gasteiger partial charge in [0.05, 0.1) is 16.8 Å². The SMILES string of the molecule is CN(Cc1nc2ccccc2s1)C(=O)N[C@H]1CCCCNC1=O. The number of thiazole rings is 1. The van der Waals surface area contributed by atoms with E-state index in [1.165, 1.54) is 0 Å². The highest BCUT2D eigenvalue weighted by Gasteiger charge is 2.24. The van der Waals surface area contributed by atoms with Gasteiger partial charge in [0.25, 0.3) is 0 Å². The van der Waals surface area contributed by atoms with Gasteiger partial charge in [-0.1, -0.05) is 12.1 Å². The molecule has 1 aliphatic rings. The Hall–Kier alpha value is -2.15. The van der Waals surface area contributed by atoms with Crippen molar-refractivity contribution in [2.75, 3.05) is 13.6 Å². The average molecular weight is 332 g/mol. The van der Waals surface area contributed by atoms with Crippen LogP contribution < -0.4 is 10.6 Å². The summed E-state index contributed by atoms with van der Waals surface area (Å²) in [5, 5.41) is 6.52. The van der Waals surface area contributed by atoms with Crippen LogP contribution in [-0.2, 0) is 11.3 Å². The van der Waals surface area contributed by atoms with Crippen LogP contribution in [0, 0.1) is 0 Å². The maximum Gasteiger partial charge on any atom is 0.318 e. The molecule has 1 aliphatic heterocycles. The molecular weight excluding hydrogens is 312 g/mol. The molecular formula is C16H20N4O2S. The Balaban J connectivity index is 1.61. The molecule has 3 amide bonds. The van der Waals surface area contributed by atoms with E-state index in [-0.39, 0.29) is 11.9 Å². The molecule has 23 heavy (non-hydrogen) atoms. The van der Waals surface area contributed by atoms with Gasteiger partial charge in [0.2, 0.25) is 5.91 Å². The molecule has 2 heterocycles. The van der Waals surface area contributed by atoms with Gasteiger partial charge in [-0.2, -0.15) is 0 Å². The van der Waals surface area contributed by atoms with Gasteiger partial charge in [-0.25, -0.2) is 9.78 Å². The lowest BCUT2D eigenvalue weighted by molar-refractivity contribution is -0.122. The van der Waals surface area contributed by atoms with Gasteiger partial charge in [0.1, 0.15) is 11.0 Å². The first-order chi connectivity index (χ1) is 11.1. The van der Waals surface area contributed by atoms with Gasteiger partial charge in [0, 0.05) is 13.6 Å². The number of rotatable bonds is 3. The number of hydrogen-bond acceptors (Lipinski definition) is 4. The topological polar surface area (TPSA) is 74.3 Å². The molecule has 0 spiro atoms. The fraction of sp³-hybridized carbons (Fsp3) is 0.438. The monoisotopic (exact) mass is 332 g/mol. The van der Waals surface area contributed by atoms with Crippen LogP contribution in [0.1, 0.15) is 24.3 Å². The molecule has 2 N–H and O–H groups in total. The van der Waals surface area contributed by atoms with E-state index >= 15 is 0 Å². The van der Waals surface area contributed by atoms with E-state index in [4.69, 9.17) is 0 Å². The number of aromatic nitrogens is 1. The lowest BCUT2D eigenvalue weighted by Gasteiger charge is -2.21. The minimum absolute atomic E-state index is 0.0933. The van der Waals surface area contributed by atoms with Crippen molar-refractivity contribution in [1.82, 2.24) is 20.5 Å². The van der Waals surface area contributed by atoms with E-state index in [0.29, 0.717) is 19.5 Å². The molecule has 2 aromatic rings. The third-order valence-electron chi connectivity index (χ3n) is 3.89. The van der Waals surface area contributed by atoms with E-state index in [2.05, 4.69) is 15.6 Å². The van der Waals surface area contributed by atoms with Crippen molar-refractivity contribution in [3.8, 4) is 0 Å². The summed E-state index contributed by atoms with van der Waals surface area (Å²) in [4.78, 5) is 30.3. The van der Waals surface area contributed by atoms with Gasteiger partial charge < -0.3 is 15.5 Å². The molecule has 3 rings (SSSR count). The number of urea groups is 1. The third kappa shape index (κ3) is 3.79. The molecule has 0 unspecified atom stereocenters. The fourth-order valence-electron chi connectivity index (χ4n) is 2.60. The number of carbonyl (C=O) groups is 2. The van der Waals surface area contributed by atoms with Crippen molar-refractivity contribution < 1.29 is 9.59 Å². The second kappa shape index (κ2) is 6.95. The van der Waals surface area contributed by atoms with Crippen LogP contribution in [0.15, 0.2) is 24.3 Å². The summed E-state index contributed by atoms with van der Waals surface area (Å²) in [7, 11) is 1.72. The van der Waals surface area contributed by atoms with Crippen LogP contribution in [0.4, 0.5) is 4.79 Å². The first kappa shape index (κ1) is 15.7. The average Bonchev–Trinajstić information content (AvgIpc) is 2.84. The van der Waals surface area contributed by atoms with Gasteiger partial charge >= 0.3 is 6.03 Å². The van der Waals surface area contributed by atoms with E-state index in [0.717, 1.165) is 28.1 Å². The molecule has 0 aliphatic carbocycles. The molecule has 1 saturated heterocycles. The number of para-hydroxylation sites is 1. The minimum atomic E-state index is -0.442. The summed E-state index contributed by atoms with van der Waals surface area (Å²) in [5.41, 5.74) is 0.949.